The number of fused-ring (bicyclic) bond motifs is 1. The largest absolute Gasteiger partial charge is 0.436 e. The molecule has 0 aliphatic heterocycles. The van der Waals surface area contributed by atoms with Gasteiger partial charge in [-0.25, -0.2) is 4.98 Å². The van der Waals surface area contributed by atoms with Gasteiger partial charge in [0.05, 0.1) is 12.1 Å². The summed E-state index contributed by atoms with van der Waals surface area (Å²) in [5.41, 5.74) is 6.76. The number of hydrogen-bond acceptors (Lipinski definition) is 4. The Morgan fingerprint density at radius 1 is 0.674 bits per heavy atom. The van der Waals surface area contributed by atoms with Gasteiger partial charge in [-0.05, 0) is 65.3 Å². The first kappa shape index (κ1) is 27.3. The average molecular weight is 565 g/mol. The van der Waals surface area contributed by atoms with Gasteiger partial charge in [0.2, 0.25) is 5.89 Å². The van der Waals surface area contributed by atoms with E-state index < -0.39 is 5.54 Å². The van der Waals surface area contributed by atoms with Crippen molar-refractivity contribution in [3.8, 4) is 11.5 Å². The van der Waals surface area contributed by atoms with E-state index in [9.17, 15) is 0 Å². The molecule has 1 fully saturated rings. The first-order valence-electron chi connectivity index (χ1n) is 15.3. The maximum absolute atomic E-state index is 6.88. The molecule has 1 aromatic heterocycles. The van der Waals surface area contributed by atoms with Crippen LogP contribution in [0.2, 0.25) is 0 Å². The van der Waals surface area contributed by atoms with Crippen molar-refractivity contribution < 1.29 is 9.15 Å². The summed E-state index contributed by atoms with van der Waals surface area (Å²) in [6, 6.07) is 48.6. The second kappa shape index (κ2) is 12.4. The SMILES string of the molecule is c1ccc(C(NC(OCc2ccc(-c3nc4ccccc4o3)cc2)C2CCCC2)(c2ccccc2)c2ccccc2)cc1. The molecule has 1 saturated carbocycles. The minimum atomic E-state index is -0.576. The highest BCUT2D eigenvalue weighted by Crippen LogP contribution is 2.40. The number of benzene rings is 5. The predicted octanol–water partition coefficient (Wildman–Crippen LogP) is 9.11. The topological polar surface area (TPSA) is 47.3 Å². The minimum absolute atomic E-state index is 0.139. The molecule has 0 bridgehead atoms. The number of para-hydroxylation sites is 2. The molecule has 7 rings (SSSR count). The number of aromatic nitrogens is 1. The Bertz CT molecular complexity index is 1610. The van der Waals surface area contributed by atoms with Crippen molar-refractivity contribution in [1.29, 1.82) is 0 Å². The fourth-order valence-corrected chi connectivity index (χ4v) is 6.51. The summed E-state index contributed by atoms with van der Waals surface area (Å²) in [6.45, 7) is 0.510. The summed E-state index contributed by atoms with van der Waals surface area (Å²) in [5.74, 6) is 1.06. The van der Waals surface area contributed by atoms with Crippen molar-refractivity contribution >= 4 is 11.1 Å². The Balaban J connectivity index is 1.21. The molecule has 1 N–H and O–H groups in total. The van der Waals surface area contributed by atoms with E-state index in [-0.39, 0.29) is 6.23 Å². The molecule has 1 aliphatic carbocycles. The van der Waals surface area contributed by atoms with E-state index in [0.717, 1.165) is 35.1 Å². The normalized spacial score (nSPS) is 14.7. The number of rotatable bonds is 10. The van der Waals surface area contributed by atoms with Gasteiger partial charge in [-0.1, -0.05) is 128 Å². The first-order valence-corrected chi connectivity index (χ1v) is 15.3. The van der Waals surface area contributed by atoms with E-state index in [1.165, 1.54) is 29.5 Å². The maximum atomic E-state index is 6.88. The number of nitrogens with one attached hydrogen (secondary N) is 1. The van der Waals surface area contributed by atoms with Gasteiger partial charge >= 0.3 is 0 Å². The number of oxazole rings is 1. The van der Waals surface area contributed by atoms with Crippen LogP contribution in [0.15, 0.2) is 144 Å². The van der Waals surface area contributed by atoms with Crippen molar-refractivity contribution in [2.24, 2.45) is 5.92 Å². The van der Waals surface area contributed by atoms with Crippen LogP contribution in [0.5, 0.6) is 0 Å². The van der Waals surface area contributed by atoms with Gasteiger partial charge in [0.25, 0.3) is 0 Å². The fraction of sp³-hybridized carbons (Fsp3) is 0.205. The van der Waals surface area contributed by atoms with E-state index in [4.69, 9.17) is 9.15 Å². The lowest BCUT2D eigenvalue weighted by Gasteiger charge is -2.41. The van der Waals surface area contributed by atoms with E-state index >= 15 is 0 Å². The lowest BCUT2D eigenvalue weighted by molar-refractivity contribution is -0.0324. The van der Waals surface area contributed by atoms with Crippen LogP contribution >= 0.6 is 0 Å². The highest BCUT2D eigenvalue weighted by molar-refractivity contribution is 5.76. The first-order chi connectivity index (χ1) is 21.3. The van der Waals surface area contributed by atoms with Crippen LogP contribution < -0.4 is 5.32 Å². The van der Waals surface area contributed by atoms with E-state index in [1.807, 2.05) is 24.3 Å². The molecule has 4 nitrogen and oxygen atoms in total. The highest BCUT2D eigenvalue weighted by atomic mass is 16.5. The summed E-state index contributed by atoms with van der Waals surface area (Å²) in [6.07, 6.45) is 4.65. The summed E-state index contributed by atoms with van der Waals surface area (Å²) in [7, 11) is 0. The molecule has 4 heteroatoms. The zero-order valence-electron chi connectivity index (χ0n) is 24.2. The van der Waals surface area contributed by atoms with Crippen LogP contribution in [0.3, 0.4) is 0 Å². The zero-order valence-corrected chi connectivity index (χ0v) is 24.2. The molecule has 1 atom stereocenters. The Kier molecular flexibility index (Phi) is 7.87. The standard InChI is InChI=1S/C39H36N2O2/c1-4-16-32(17-5-1)39(33-18-6-2-7-19-33,34-20-8-3-9-21-34)41-38(30-14-10-11-15-30)42-28-29-24-26-31(27-25-29)37-40-35-22-12-13-23-36(35)43-37/h1-9,12-13,16-27,30,38,41H,10-11,14-15,28H2. The summed E-state index contributed by atoms with van der Waals surface area (Å²) < 4.78 is 12.9. The van der Waals surface area contributed by atoms with Crippen LogP contribution in [-0.2, 0) is 16.9 Å². The van der Waals surface area contributed by atoms with E-state index in [1.54, 1.807) is 0 Å². The second-order valence-corrected chi connectivity index (χ2v) is 11.5. The van der Waals surface area contributed by atoms with Gasteiger partial charge in [0.15, 0.2) is 5.58 Å². The molecule has 5 aromatic carbocycles. The van der Waals surface area contributed by atoms with Gasteiger partial charge in [-0.2, -0.15) is 0 Å². The molecule has 0 amide bonds. The zero-order chi connectivity index (χ0) is 28.9. The molecular weight excluding hydrogens is 528 g/mol. The van der Waals surface area contributed by atoms with Crippen LogP contribution in [0.25, 0.3) is 22.6 Å². The number of ether oxygens (including phenoxy) is 1. The van der Waals surface area contributed by atoms with Gasteiger partial charge < -0.3 is 9.15 Å². The summed E-state index contributed by atoms with van der Waals surface area (Å²) in [5, 5.41) is 4.13. The fourth-order valence-electron chi connectivity index (χ4n) is 6.51. The second-order valence-electron chi connectivity index (χ2n) is 11.5. The molecule has 214 valence electrons. The third-order valence-electron chi connectivity index (χ3n) is 8.73. The molecule has 1 unspecified atom stereocenters. The Labute approximate surface area is 253 Å². The van der Waals surface area contributed by atoms with Gasteiger partial charge in [0, 0.05) is 5.56 Å². The molecule has 0 spiro atoms. The highest BCUT2D eigenvalue weighted by Gasteiger charge is 2.40. The summed E-state index contributed by atoms with van der Waals surface area (Å²) >= 11 is 0. The van der Waals surface area contributed by atoms with Crippen molar-refractivity contribution in [2.45, 2.75) is 44.1 Å². The third-order valence-corrected chi connectivity index (χ3v) is 8.73. The molecule has 6 aromatic rings. The van der Waals surface area contributed by atoms with Gasteiger partial charge in [0.1, 0.15) is 11.7 Å². The van der Waals surface area contributed by atoms with Crippen molar-refractivity contribution in [3.63, 3.8) is 0 Å². The Hall–Kier alpha value is -4.51. The van der Waals surface area contributed by atoms with Crippen LogP contribution in [-0.4, -0.2) is 11.2 Å². The molecule has 43 heavy (non-hydrogen) atoms. The predicted molar refractivity (Wildman–Crippen MR) is 172 cm³/mol. The lowest BCUT2D eigenvalue weighted by Crippen LogP contribution is -2.53. The average Bonchev–Trinajstić information content (AvgIpc) is 3.78. The molecular formula is C39H36N2O2. The van der Waals surface area contributed by atoms with Crippen LogP contribution in [0, 0.1) is 5.92 Å². The third kappa shape index (κ3) is 5.64. The van der Waals surface area contributed by atoms with Gasteiger partial charge in [-0.3, -0.25) is 5.32 Å². The number of nitrogens with zero attached hydrogens (tertiary/aromatic N) is 1. The molecule has 1 heterocycles. The minimum Gasteiger partial charge on any atom is -0.436 e. The smallest absolute Gasteiger partial charge is 0.227 e. The Morgan fingerprint density at radius 3 is 1.77 bits per heavy atom. The monoisotopic (exact) mass is 564 g/mol. The van der Waals surface area contributed by atoms with Crippen molar-refractivity contribution in [1.82, 2.24) is 10.3 Å². The van der Waals surface area contributed by atoms with Crippen molar-refractivity contribution in [2.75, 3.05) is 0 Å². The lowest BCUT2D eigenvalue weighted by atomic mass is 9.76. The van der Waals surface area contributed by atoms with Crippen LogP contribution in [0.4, 0.5) is 0 Å². The quantitative estimate of drug-likeness (QED) is 0.133. The van der Waals surface area contributed by atoms with E-state index in [2.05, 4.69) is 126 Å². The van der Waals surface area contributed by atoms with Crippen LogP contribution in [0.1, 0.15) is 47.9 Å². The Morgan fingerprint density at radius 2 is 1.21 bits per heavy atom. The molecule has 0 saturated heterocycles. The number of hydrogen-bond donors (Lipinski definition) is 1. The van der Waals surface area contributed by atoms with Crippen molar-refractivity contribution in [3.05, 3.63) is 162 Å². The molecule has 1 aliphatic rings. The van der Waals surface area contributed by atoms with E-state index in [0.29, 0.717) is 18.4 Å². The molecule has 0 radical (unpaired) electrons. The maximum Gasteiger partial charge on any atom is 0.227 e. The summed E-state index contributed by atoms with van der Waals surface area (Å²) in [4.78, 5) is 4.66. The van der Waals surface area contributed by atoms with Gasteiger partial charge in [-0.15, -0.1) is 0 Å².